The summed E-state index contributed by atoms with van der Waals surface area (Å²) < 4.78 is 46.0. The van der Waals surface area contributed by atoms with Crippen LogP contribution in [0.25, 0.3) is 22.3 Å². The lowest BCUT2D eigenvalue weighted by Gasteiger charge is -2.35. The van der Waals surface area contributed by atoms with Gasteiger partial charge in [-0.05, 0) is 31.0 Å². The second kappa shape index (κ2) is 9.04. The monoisotopic (exact) mass is 562 g/mol. The Bertz CT molecular complexity index is 1700. The van der Waals surface area contributed by atoms with Crippen LogP contribution >= 0.6 is 11.6 Å². The summed E-state index contributed by atoms with van der Waals surface area (Å²) in [6, 6.07) is 12.3. The van der Waals surface area contributed by atoms with Gasteiger partial charge in [0.2, 0.25) is 5.91 Å². The number of hydrogen-bond donors (Lipinski definition) is 2. The molecule has 7 nitrogen and oxygen atoms in total. The molecule has 0 bridgehead atoms. The van der Waals surface area contributed by atoms with E-state index in [0.717, 1.165) is 24.9 Å². The molecule has 3 aliphatic rings. The van der Waals surface area contributed by atoms with Crippen LogP contribution in [0.3, 0.4) is 0 Å². The Kier molecular flexibility index (Phi) is 5.66. The minimum absolute atomic E-state index is 0.0397. The number of rotatable bonds is 4. The summed E-state index contributed by atoms with van der Waals surface area (Å²) in [7, 11) is 1.74. The van der Waals surface area contributed by atoms with Crippen LogP contribution in [0.4, 0.5) is 8.78 Å². The molecule has 1 saturated heterocycles. The highest BCUT2D eigenvalue weighted by Gasteiger charge is 2.50. The van der Waals surface area contributed by atoms with Gasteiger partial charge in [0.25, 0.3) is 0 Å². The van der Waals surface area contributed by atoms with Gasteiger partial charge < -0.3 is 20.5 Å². The van der Waals surface area contributed by atoms with Crippen molar-refractivity contribution in [1.29, 1.82) is 0 Å². The Morgan fingerprint density at radius 1 is 1.20 bits per heavy atom. The molecule has 4 heterocycles. The van der Waals surface area contributed by atoms with Crippen molar-refractivity contribution in [2.75, 3.05) is 6.54 Å². The Hall–Kier alpha value is -3.95. The zero-order chi connectivity index (χ0) is 27.8. The molecule has 0 unspecified atom stereocenters. The van der Waals surface area contributed by atoms with Gasteiger partial charge in [0.1, 0.15) is 23.9 Å². The predicted octanol–water partition coefficient (Wildman–Crippen LogP) is 5.26. The fourth-order valence-electron chi connectivity index (χ4n) is 6.44. The molecule has 1 fully saturated rings. The molecule has 0 saturated carbocycles. The molecule has 4 aromatic rings. The molecule has 204 valence electrons. The molecule has 3 aromatic carbocycles. The van der Waals surface area contributed by atoms with Crippen molar-refractivity contribution in [1.82, 2.24) is 15.1 Å². The molecule has 0 spiro atoms. The molecule has 1 aromatic heterocycles. The maximum absolute atomic E-state index is 16.6. The number of benzene rings is 3. The number of aromatic nitrogens is 2. The van der Waals surface area contributed by atoms with E-state index in [1.54, 1.807) is 17.9 Å². The van der Waals surface area contributed by atoms with Crippen molar-refractivity contribution in [2.45, 2.75) is 37.5 Å². The van der Waals surface area contributed by atoms with E-state index in [4.69, 9.17) is 26.8 Å². The topological polar surface area (TPSA) is 91.4 Å². The lowest BCUT2D eigenvalue weighted by Crippen LogP contribution is -2.48. The molecule has 2 atom stereocenters. The number of carbonyl (C=O) groups is 1. The second-order valence-electron chi connectivity index (χ2n) is 10.5. The standard InChI is InChI=1S/C30H25ClF2N4O3/c1-37-13-19-16-10-17(29(34)38)25(27(33)28(16)39-14-21(19)36-37)24-18-12-30(23-8-5-9-35-23,15-6-3-2-4-7-15)40-22(18)11-20(32)26(24)31/h2-4,6-7,10-11,13,23,35H,5,8-9,12,14H2,1H3,(H2,34,38)/t23-,30-/m0/s1. The molecule has 7 rings (SSSR count). The molecule has 10 heteroatoms. The van der Waals surface area contributed by atoms with Crippen LogP contribution < -0.4 is 20.5 Å². The van der Waals surface area contributed by atoms with E-state index in [2.05, 4.69) is 10.4 Å². The third-order valence-corrected chi connectivity index (χ3v) is 8.56. The minimum atomic E-state index is -0.884. The maximum atomic E-state index is 16.6. The molecule has 0 radical (unpaired) electrons. The summed E-state index contributed by atoms with van der Waals surface area (Å²) in [5.41, 5.74) is 7.62. The molecular weight excluding hydrogens is 538 g/mol. The van der Waals surface area contributed by atoms with E-state index < -0.39 is 23.1 Å². The molecule has 40 heavy (non-hydrogen) atoms. The van der Waals surface area contributed by atoms with E-state index in [0.29, 0.717) is 22.4 Å². The highest BCUT2D eigenvalue weighted by atomic mass is 35.5. The fourth-order valence-corrected chi connectivity index (χ4v) is 6.70. The van der Waals surface area contributed by atoms with Crippen LogP contribution in [0.15, 0.2) is 48.7 Å². The third kappa shape index (κ3) is 3.57. The second-order valence-corrected chi connectivity index (χ2v) is 10.9. The number of halogens is 3. The summed E-state index contributed by atoms with van der Waals surface area (Å²) in [5, 5.41) is 7.56. The first-order chi connectivity index (χ1) is 19.3. The van der Waals surface area contributed by atoms with Crippen molar-refractivity contribution >= 4 is 17.5 Å². The molecular formula is C30H25ClF2N4O3. The summed E-state index contributed by atoms with van der Waals surface area (Å²) in [5.74, 6) is -2.33. The number of carbonyl (C=O) groups excluding carboxylic acids is 1. The molecule has 1 amide bonds. The van der Waals surface area contributed by atoms with Crippen molar-refractivity contribution in [2.24, 2.45) is 12.8 Å². The number of hydrogen-bond acceptors (Lipinski definition) is 5. The van der Waals surface area contributed by atoms with Crippen LogP contribution in [-0.2, 0) is 25.7 Å². The Balaban J connectivity index is 1.47. The number of nitrogens with zero attached hydrogens (tertiary/aromatic N) is 2. The smallest absolute Gasteiger partial charge is 0.249 e. The quantitative estimate of drug-likeness (QED) is 0.354. The highest BCUT2D eigenvalue weighted by molar-refractivity contribution is 6.34. The lowest BCUT2D eigenvalue weighted by atomic mass is 9.80. The normalized spacial score (nSPS) is 20.9. The van der Waals surface area contributed by atoms with Gasteiger partial charge in [0.15, 0.2) is 17.2 Å². The van der Waals surface area contributed by atoms with Crippen LogP contribution in [0.2, 0.25) is 5.02 Å². The number of nitrogens with two attached hydrogens (primary N) is 1. The number of primary amides is 1. The van der Waals surface area contributed by atoms with Crippen LogP contribution in [0.1, 0.15) is 40.0 Å². The van der Waals surface area contributed by atoms with Crippen molar-refractivity contribution in [3.05, 3.63) is 87.7 Å². The van der Waals surface area contributed by atoms with Crippen molar-refractivity contribution in [3.8, 4) is 33.8 Å². The summed E-state index contributed by atoms with van der Waals surface area (Å²) >= 11 is 6.61. The maximum Gasteiger partial charge on any atom is 0.249 e. The number of fused-ring (bicyclic) bond motifs is 4. The summed E-state index contributed by atoms with van der Waals surface area (Å²) in [6.07, 6.45) is 3.81. The minimum Gasteiger partial charge on any atom is -0.483 e. The van der Waals surface area contributed by atoms with Crippen LogP contribution in [0, 0.1) is 11.6 Å². The van der Waals surface area contributed by atoms with Crippen molar-refractivity contribution in [3.63, 3.8) is 0 Å². The van der Waals surface area contributed by atoms with Crippen molar-refractivity contribution < 1.29 is 23.0 Å². The molecule has 0 aliphatic carbocycles. The fraction of sp³-hybridized carbons (Fsp3) is 0.267. The van der Waals surface area contributed by atoms with Crippen LogP contribution in [-0.4, -0.2) is 28.3 Å². The van der Waals surface area contributed by atoms with Gasteiger partial charge in [-0.15, -0.1) is 0 Å². The van der Waals surface area contributed by atoms with Gasteiger partial charge in [-0.1, -0.05) is 41.9 Å². The zero-order valence-corrected chi connectivity index (χ0v) is 22.3. The SMILES string of the molecule is Cn1cc2c(n1)COc1c-2cc(C(N)=O)c(-c2c(Cl)c(F)cc3c2C[C@](c2ccccc2)([C@@H]2CCCN2)O3)c1F. The first kappa shape index (κ1) is 25.0. The largest absolute Gasteiger partial charge is 0.483 e. The van der Waals surface area contributed by atoms with E-state index in [-0.39, 0.29) is 52.3 Å². The van der Waals surface area contributed by atoms with E-state index in [1.807, 2.05) is 30.3 Å². The van der Waals surface area contributed by atoms with Gasteiger partial charge >= 0.3 is 0 Å². The predicted molar refractivity (Wildman–Crippen MR) is 145 cm³/mol. The summed E-state index contributed by atoms with van der Waals surface area (Å²) in [6.45, 7) is 0.859. The first-order valence-corrected chi connectivity index (χ1v) is 13.5. The van der Waals surface area contributed by atoms with Gasteiger partial charge in [-0.3, -0.25) is 9.48 Å². The van der Waals surface area contributed by atoms with E-state index in [1.165, 1.54) is 12.1 Å². The van der Waals surface area contributed by atoms with Crippen LogP contribution in [0.5, 0.6) is 11.5 Å². The molecule has 3 N–H and O–H groups in total. The summed E-state index contributed by atoms with van der Waals surface area (Å²) in [4.78, 5) is 12.8. The van der Waals surface area contributed by atoms with Gasteiger partial charge in [-0.2, -0.15) is 5.10 Å². The molecule has 3 aliphatic heterocycles. The Morgan fingerprint density at radius 2 is 2.00 bits per heavy atom. The lowest BCUT2D eigenvalue weighted by molar-refractivity contribution is 0.0539. The third-order valence-electron chi connectivity index (χ3n) is 8.19. The van der Waals surface area contributed by atoms with E-state index in [9.17, 15) is 4.79 Å². The van der Waals surface area contributed by atoms with Gasteiger partial charge in [0, 0.05) is 53.5 Å². The average molecular weight is 563 g/mol. The Morgan fingerprint density at radius 3 is 2.73 bits per heavy atom. The first-order valence-electron chi connectivity index (χ1n) is 13.1. The number of nitrogens with one attached hydrogen (secondary N) is 1. The van der Waals surface area contributed by atoms with Gasteiger partial charge in [-0.25, -0.2) is 8.78 Å². The highest BCUT2D eigenvalue weighted by Crippen LogP contribution is 2.53. The number of amides is 1. The number of ether oxygens (including phenoxy) is 2. The Labute approximate surface area is 233 Å². The van der Waals surface area contributed by atoms with E-state index >= 15 is 8.78 Å². The average Bonchev–Trinajstić information content (AvgIpc) is 3.69. The number of aryl methyl sites for hydroxylation is 1. The van der Waals surface area contributed by atoms with Gasteiger partial charge in [0.05, 0.1) is 16.6 Å². The zero-order valence-electron chi connectivity index (χ0n) is 21.6.